The summed E-state index contributed by atoms with van der Waals surface area (Å²) in [6.07, 6.45) is 10.2. The summed E-state index contributed by atoms with van der Waals surface area (Å²) in [5, 5.41) is 3.68. The zero-order valence-electron chi connectivity index (χ0n) is 11.3. The van der Waals surface area contributed by atoms with Crippen molar-refractivity contribution in [1.29, 1.82) is 0 Å². The van der Waals surface area contributed by atoms with Crippen molar-refractivity contribution in [3.05, 3.63) is 0 Å². The highest BCUT2D eigenvalue weighted by Crippen LogP contribution is 2.64. The molecule has 4 aliphatic carbocycles. The molecule has 2 atom stereocenters. The second kappa shape index (κ2) is 4.24. The fourth-order valence-corrected chi connectivity index (χ4v) is 5.72. The SMILES string of the molecule is CC12CC3CC(C1)CC(CNCCCN)(C3)C2. The molecule has 0 aromatic heterocycles. The van der Waals surface area contributed by atoms with Crippen LogP contribution in [0.2, 0.25) is 0 Å². The predicted molar refractivity (Wildman–Crippen MR) is 71.8 cm³/mol. The van der Waals surface area contributed by atoms with E-state index in [0.717, 1.165) is 31.3 Å². The molecule has 4 aliphatic rings. The summed E-state index contributed by atoms with van der Waals surface area (Å²) >= 11 is 0. The van der Waals surface area contributed by atoms with Crippen LogP contribution in [0.3, 0.4) is 0 Å². The normalized spacial score (nSPS) is 47.6. The quantitative estimate of drug-likeness (QED) is 0.720. The zero-order chi connectivity index (χ0) is 11.9. The summed E-state index contributed by atoms with van der Waals surface area (Å²) in [4.78, 5) is 0. The summed E-state index contributed by atoms with van der Waals surface area (Å²) in [6.45, 7) is 5.75. The molecule has 3 N–H and O–H groups in total. The lowest BCUT2D eigenvalue weighted by Gasteiger charge is -2.61. The fourth-order valence-electron chi connectivity index (χ4n) is 5.72. The molecule has 2 nitrogen and oxygen atoms in total. The number of nitrogens with two attached hydrogens (primary N) is 1. The van der Waals surface area contributed by atoms with Gasteiger partial charge in [0.25, 0.3) is 0 Å². The van der Waals surface area contributed by atoms with Gasteiger partial charge in [0.1, 0.15) is 0 Å². The van der Waals surface area contributed by atoms with Crippen LogP contribution in [0.15, 0.2) is 0 Å². The summed E-state index contributed by atoms with van der Waals surface area (Å²) in [6, 6.07) is 0. The van der Waals surface area contributed by atoms with Crippen molar-refractivity contribution < 1.29 is 0 Å². The van der Waals surface area contributed by atoms with Crippen molar-refractivity contribution in [3.63, 3.8) is 0 Å². The lowest BCUT2D eigenvalue weighted by molar-refractivity contribution is -0.0997. The van der Waals surface area contributed by atoms with E-state index in [4.69, 9.17) is 5.73 Å². The molecule has 2 unspecified atom stereocenters. The lowest BCUT2D eigenvalue weighted by Crippen LogP contribution is -2.54. The van der Waals surface area contributed by atoms with Crippen LogP contribution in [0.5, 0.6) is 0 Å². The maximum absolute atomic E-state index is 5.56. The lowest BCUT2D eigenvalue weighted by atomic mass is 9.44. The van der Waals surface area contributed by atoms with E-state index < -0.39 is 0 Å². The van der Waals surface area contributed by atoms with Crippen molar-refractivity contribution in [2.45, 2.75) is 51.9 Å². The van der Waals surface area contributed by atoms with E-state index in [2.05, 4.69) is 12.2 Å². The van der Waals surface area contributed by atoms with Crippen LogP contribution in [0.4, 0.5) is 0 Å². The van der Waals surface area contributed by atoms with Crippen LogP contribution < -0.4 is 11.1 Å². The van der Waals surface area contributed by atoms with Crippen LogP contribution in [0.25, 0.3) is 0 Å². The van der Waals surface area contributed by atoms with E-state index in [1.165, 1.54) is 38.6 Å². The Morgan fingerprint density at radius 2 is 1.88 bits per heavy atom. The summed E-state index contributed by atoms with van der Waals surface area (Å²) in [5.41, 5.74) is 6.91. The fraction of sp³-hybridized carbons (Fsp3) is 1.00. The Morgan fingerprint density at radius 1 is 1.18 bits per heavy atom. The first-order valence-electron chi connectivity index (χ1n) is 7.54. The zero-order valence-corrected chi connectivity index (χ0v) is 11.3. The van der Waals surface area contributed by atoms with E-state index >= 15 is 0 Å². The van der Waals surface area contributed by atoms with Crippen molar-refractivity contribution in [2.24, 2.45) is 28.4 Å². The van der Waals surface area contributed by atoms with E-state index in [0.29, 0.717) is 10.8 Å². The third-order valence-corrected chi connectivity index (χ3v) is 5.53. The minimum atomic E-state index is 0.660. The second-order valence-corrected chi connectivity index (χ2v) is 7.59. The Hall–Kier alpha value is -0.0800. The van der Waals surface area contributed by atoms with E-state index in [1.54, 1.807) is 6.42 Å². The summed E-state index contributed by atoms with van der Waals surface area (Å²) < 4.78 is 0. The predicted octanol–water partition coefficient (Wildman–Crippen LogP) is 2.53. The third-order valence-electron chi connectivity index (χ3n) is 5.53. The highest BCUT2D eigenvalue weighted by atomic mass is 14.9. The van der Waals surface area contributed by atoms with Gasteiger partial charge in [-0.1, -0.05) is 6.92 Å². The van der Waals surface area contributed by atoms with Gasteiger partial charge >= 0.3 is 0 Å². The molecule has 4 rings (SSSR count). The highest BCUT2D eigenvalue weighted by molar-refractivity contribution is 5.06. The maximum atomic E-state index is 5.56. The molecule has 0 radical (unpaired) electrons. The second-order valence-electron chi connectivity index (χ2n) is 7.59. The first-order valence-corrected chi connectivity index (χ1v) is 7.54. The number of rotatable bonds is 5. The largest absolute Gasteiger partial charge is 0.330 e. The van der Waals surface area contributed by atoms with Crippen molar-refractivity contribution in [3.8, 4) is 0 Å². The molecule has 0 saturated heterocycles. The molecule has 98 valence electrons. The topological polar surface area (TPSA) is 38.0 Å². The van der Waals surface area contributed by atoms with Gasteiger partial charge in [0, 0.05) is 6.54 Å². The van der Waals surface area contributed by atoms with E-state index in [-0.39, 0.29) is 0 Å². The van der Waals surface area contributed by atoms with Gasteiger partial charge in [-0.15, -0.1) is 0 Å². The van der Waals surface area contributed by atoms with Crippen LogP contribution in [-0.2, 0) is 0 Å². The maximum Gasteiger partial charge on any atom is 0.000822 e. The summed E-state index contributed by atoms with van der Waals surface area (Å²) in [7, 11) is 0. The van der Waals surface area contributed by atoms with Gasteiger partial charge in [-0.05, 0) is 80.7 Å². The van der Waals surface area contributed by atoms with E-state index in [9.17, 15) is 0 Å². The number of hydrogen-bond donors (Lipinski definition) is 2. The van der Waals surface area contributed by atoms with Gasteiger partial charge in [-0.3, -0.25) is 0 Å². The van der Waals surface area contributed by atoms with Gasteiger partial charge in [0.15, 0.2) is 0 Å². The molecule has 0 aromatic rings. The molecule has 2 heteroatoms. The Kier molecular flexibility index (Phi) is 2.99. The van der Waals surface area contributed by atoms with Gasteiger partial charge in [-0.2, -0.15) is 0 Å². The molecule has 4 bridgehead atoms. The minimum Gasteiger partial charge on any atom is -0.330 e. The standard InChI is InChI=1S/C15H28N2/c1-14-6-12-5-13(7-14)9-15(8-12,10-14)11-17-4-2-3-16/h12-13,17H,2-11,16H2,1H3. The van der Waals surface area contributed by atoms with Crippen LogP contribution in [0, 0.1) is 22.7 Å². The summed E-state index contributed by atoms with van der Waals surface area (Å²) in [5.74, 6) is 2.11. The van der Waals surface area contributed by atoms with Crippen molar-refractivity contribution in [1.82, 2.24) is 5.32 Å². The average molecular weight is 236 g/mol. The highest BCUT2D eigenvalue weighted by Gasteiger charge is 2.55. The Bertz CT molecular complexity index is 273. The molecule has 0 aliphatic heterocycles. The van der Waals surface area contributed by atoms with Gasteiger partial charge < -0.3 is 11.1 Å². The van der Waals surface area contributed by atoms with Crippen molar-refractivity contribution >= 4 is 0 Å². The molecule has 4 fully saturated rings. The minimum absolute atomic E-state index is 0.660. The first-order chi connectivity index (χ1) is 8.13. The Morgan fingerprint density at radius 3 is 2.47 bits per heavy atom. The third kappa shape index (κ3) is 2.26. The van der Waals surface area contributed by atoms with Gasteiger partial charge in [-0.25, -0.2) is 0 Å². The molecule has 0 aromatic carbocycles. The first kappa shape index (κ1) is 12.0. The van der Waals surface area contributed by atoms with Crippen LogP contribution in [-0.4, -0.2) is 19.6 Å². The molecular formula is C15H28N2. The molecule has 0 spiro atoms. The van der Waals surface area contributed by atoms with E-state index in [1.807, 2.05) is 0 Å². The molecule has 0 heterocycles. The molecule has 4 saturated carbocycles. The molecule has 17 heavy (non-hydrogen) atoms. The van der Waals surface area contributed by atoms with Crippen LogP contribution in [0.1, 0.15) is 51.9 Å². The van der Waals surface area contributed by atoms with Crippen LogP contribution >= 0.6 is 0 Å². The molecule has 0 amide bonds. The monoisotopic (exact) mass is 236 g/mol. The smallest absolute Gasteiger partial charge is 0.000822 e. The Labute approximate surface area is 106 Å². The number of hydrogen-bond acceptors (Lipinski definition) is 2. The van der Waals surface area contributed by atoms with Gasteiger partial charge in [0.05, 0.1) is 0 Å². The molecular weight excluding hydrogens is 208 g/mol. The van der Waals surface area contributed by atoms with Gasteiger partial charge in [0.2, 0.25) is 0 Å². The number of nitrogens with one attached hydrogen (secondary N) is 1. The van der Waals surface area contributed by atoms with Crippen molar-refractivity contribution in [2.75, 3.05) is 19.6 Å². The Balaban J connectivity index is 1.62. The average Bonchev–Trinajstić information content (AvgIpc) is 2.21.